The number of anilines is 1. The molecule has 236 valence electrons. The maximum absolute atomic E-state index is 12.9. The highest BCUT2D eigenvalue weighted by atomic mass is 32.2. The number of aryl methyl sites for hydroxylation is 1. The summed E-state index contributed by atoms with van der Waals surface area (Å²) in [7, 11) is 0. The molecular formula is C32H36N6O6S. The predicted molar refractivity (Wildman–Crippen MR) is 172 cm³/mol. The number of para-hydroxylation sites is 1. The number of hydrogen-bond donors (Lipinski definition) is 5. The summed E-state index contributed by atoms with van der Waals surface area (Å²) in [5.74, 6) is 1.48. The molecule has 5 rings (SSSR count). The Kier molecular flexibility index (Phi) is 10.4. The first-order valence-electron chi connectivity index (χ1n) is 14.8. The summed E-state index contributed by atoms with van der Waals surface area (Å²) in [4.78, 5) is 49.2. The highest BCUT2D eigenvalue weighted by Crippen LogP contribution is 2.35. The number of thioether (sulfide) groups is 1. The molecule has 2 unspecified atom stereocenters. The Morgan fingerprint density at radius 1 is 1.09 bits per heavy atom. The van der Waals surface area contributed by atoms with E-state index in [0.29, 0.717) is 30.6 Å². The SMILES string of the molecule is Nc1ncnc2c(CCC3CCCN(C(=O)CCSCC(NC(=O)O)C(=O)O)C3)[nH]c(-c3ccc(Oc4ccccc4)cc3)c12. The molecule has 0 bridgehead atoms. The summed E-state index contributed by atoms with van der Waals surface area (Å²) in [6.45, 7) is 1.36. The maximum atomic E-state index is 12.9. The monoisotopic (exact) mass is 632 g/mol. The number of aliphatic carboxylic acids is 1. The number of carbonyl (C=O) groups is 3. The van der Waals surface area contributed by atoms with Crippen molar-refractivity contribution in [2.24, 2.45) is 5.92 Å². The number of amides is 2. The summed E-state index contributed by atoms with van der Waals surface area (Å²) < 4.78 is 5.94. The summed E-state index contributed by atoms with van der Waals surface area (Å²) in [5, 5.41) is 20.7. The van der Waals surface area contributed by atoms with Gasteiger partial charge in [-0.25, -0.2) is 19.6 Å². The second-order valence-electron chi connectivity index (χ2n) is 11.0. The minimum Gasteiger partial charge on any atom is -0.480 e. The molecule has 6 N–H and O–H groups in total. The lowest BCUT2D eigenvalue weighted by molar-refractivity contribution is -0.138. The number of rotatable bonds is 13. The van der Waals surface area contributed by atoms with Crippen LogP contribution in [0, 0.1) is 5.92 Å². The molecule has 0 aliphatic carbocycles. The van der Waals surface area contributed by atoms with Gasteiger partial charge in [0.2, 0.25) is 5.91 Å². The minimum atomic E-state index is -1.39. The summed E-state index contributed by atoms with van der Waals surface area (Å²) in [6, 6.07) is 16.2. The van der Waals surface area contributed by atoms with Crippen LogP contribution in [-0.2, 0) is 16.0 Å². The van der Waals surface area contributed by atoms with E-state index < -0.39 is 18.1 Å². The van der Waals surface area contributed by atoms with Crippen molar-refractivity contribution in [1.29, 1.82) is 0 Å². The van der Waals surface area contributed by atoms with E-state index in [2.05, 4.69) is 15.0 Å². The molecular weight excluding hydrogens is 596 g/mol. The van der Waals surface area contributed by atoms with Crippen molar-refractivity contribution in [2.75, 3.05) is 30.3 Å². The average molecular weight is 633 g/mol. The quantitative estimate of drug-likeness (QED) is 0.126. The van der Waals surface area contributed by atoms with Gasteiger partial charge in [-0.2, -0.15) is 11.8 Å². The minimum absolute atomic E-state index is 0.0260. The molecule has 2 amide bonds. The number of nitrogens with two attached hydrogens (primary N) is 1. The van der Waals surface area contributed by atoms with Gasteiger partial charge in [-0.1, -0.05) is 18.2 Å². The Hall–Kier alpha value is -4.78. The van der Waals surface area contributed by atoms with Crippen LogP contribution in [0.15, 0.2) is 60.9 Å². The molecule has 0 saturated carbocycles. The number of aromatic amines is 1. The standard InChI is InChI=1S/C32H36N6O6S/c33-30-27-28(21-9-11-23(12-10-21)44-22-6-2-1-3-7-22)36-24(29(27)34-19-35-30)13-8-20-5-4-15-38(17-20)26(39)14-16-45-18-25(31(40)41)37-32(42)43/h1-3,6-7,9-12,19-20,25,36-37H,4-5,8,13-18H2,(H,40,41)(H,42,43)(H2,33,34,35). The zero-order valence-corrected chi connectivity index (χ0v) is 25.5. The van der Waals surface area contributed by atoms with E-state index in [4.69, 9.17) is 20.7 Å². The topological polar surface area (TPSA) is 184 Å². The van der Waals surface area contributed by atoms with E-state index >= 15 is 0 Å². The fraction of sp³-hybridized carbons (Fsp3) is 0.344. The van der Waals surface area contributed by atoms with Crippen molar-refractivity contribution in [3.05, 3.63) is 66.6 Å². The van der Waals surface area contributed by atoms with Gasteiger partial charge in [0.25, 0.3) is 0 Å². The Bertz CT molecular complexity index is 1630. The number of nitrogens with one attached hydrogen (secondary N) is 2. The van der Waals surface area contributed by atoms with Gasteiger partial charge in [0.15, 0.2) is 0 Å². The highest BCUT2D eigenvalue weighted by molar-refractivity contribution is 7.99. The first-order chi connectivity index (χ1) is 21.8. The van der Waals surface area contributed by atoms with Gasteiger partial charge in [0, 0.05) is 36.7 Å². The number of aromatic nitrogens is 3. The third-order valence-corrected chi connectivity index (χ3v) is 8.89. The molecule has 2 aromatic heterocycles. The molecule has 2 aromatic carbocycles. The third kappa shape index (κ3) is 8.24. The molecule has 1 aliphatic heterocycles. The fourth-order valence-corrected chi connectivity index (χ4v) is 6.52. The highest BCUT2D eigenvalue weighted by Gasteiger charge is 2.25. The molecule has 1 saturated heterocycles. The van der Waals surface area contributed by atoms with E-state index in [1.54, 1.807) is 0 Å². The fourth-order valence-electron chi connectivity index (χ4n) is 5.58. The molecule has 45 heavy (non-hydrogen) atoms. The van der Waals surface area contributed by atoms with Crippen LogP contribution in [-0.4, -0.2) is 78.7 Å². The number of benzene rings is 2. The third-order valence-electron chi connectivity index (χ3n) is 7.83. The predicted octanol–water partition coefficient (Wildman–Crippen LogP) is 5.01. The molecule has 0 radical (unpaired) electrons. The Morgan fingerprint density at radius 2 is 1.84 bits per heavy atom. The summed E-state index contributed by atoms with van der Waals surface area (Å²) in [6.07, 6.45) is 3.89. The largest absolute Gasteiger partial charge is 0.480 e. The summed E-state index contributed by atoms with van der Waals surface area (Å²) >= 11 is 1.25. The lowest BCUT2D eigenvalue weighted by atomic mass is 9.92. The molecule has 13 heteroatoms. The van der Waals surface area contributed by atoms with Gasteiger partial charge in [-0.05, 0) is 73.6 Å². The van der Waals surface area contributed by atoms with E-state index in [9.17, 15) is 14.4 Å². The van der Waals surface area contributed by atoms with Crippen LogP contribution in [0.1, 0.15) is 31.4 Å². The first-order valence-corrected chi connectivity index (χ1v) is 16.0. The Labute approximate surface area is 264 Å². The van der Waals surface area contributed by atoms with Crippen molar-refractivity contribution in [3.8, 4) is 22.8 Å². The summed E-state index contributed by atoms with van der Waals surface area (Å²) in [5.41, 5.74) is 9.89. The Balaban J connectivity index is 1.18. The number of carbonyl (C=O) groups excluding carboxylic acids is 1. The van der Waals surface area contributed by atoms with Crippen LogP contribution in [0.2, 0.25) is 0 Å². The van der Waals surface area contributed by atoms with Crippen molar-refractivity contribution in [3.63, 3.8) is 0 Å². The number of fused-ring (bicyclic) bond motifs is 1. The number of carboxylic acid groups (broad SMARTS) is 2. The molecule has 1 fully saturated rings. The van der Waals surface area contributed by atoms with Gasteiger partial charge < -0.3 is 35.9 Å². The second kappa shape index (κ2) is 14.8. The van der Waals surface area contributed by atoms with Gasteiger partial charge in [-0.3, -0.25) is 4.79 Å². The number of likely N-dealkylation sites (tertiary alicyclic amines) is 1. The number of nitrogen functional groups attached to an aromatic ring is 1. The van der Waals surface area contributed by atoms with Gasteiger partial charge >= 0.3 is 12.1 Å². The zero-order valence-electron chi connectivity index (χ0n) is 24.6. The van der Waals surface area contributed by atoms with Gasteiger partial charge in [0.05, 0.1) is 16.6 Å². The van der Waals surface area contributed by atoms with Crippen LogP contribution < -0.4 is 15.8 Å². The van der Waals surface area contributed by atoms with Crippen molar-refractivity contribution < 1.29 is 29.3 Å². The van der Waals surface area contributed by atoms with Crippen LogP contribution in [0.5, 0.6) is 11.5 Å². The van der Waals surface area contributed by atoms with E-state index in [0.717, 1.165) is 65.0 Å². The Morgan fingerprint density at radius 3 is 2.58 bits per heavy atom. The van der Waals surface area contributed by atoms with Crippen LogP contribution in [0.3, 0.4) is 0 Å². The molecule has 1 aliphatic rings. The number of nitrogens with zero attached hydrogens (tertiary/aromatic N) is 3. The average Bonchev–Trinajstić information content (AvgIpc) is 3.42. The van der Waals surface area contributed by atoms with E-state index in [1.165, 1.54) is 18.1 Å². The smallest absolute Gasteiger partial charge is 0.405 e. The molecule has 3 heterocycles. The van der Waals surface area contributed by atoms with Crippen molar-refractivity contribution in [1.82, 2.24) is 25.2 Å². The number of hydrogen-bond acceptors (Lipinski definition) is 8. The number of carboxylic acids is 1. The van der Waals surface area contributed by atoms with Crippen molar-refractivity contribution >= 4 is 46.5 Å². The first kappa shape index (κ1) is 31.6. The van der Waals surface area contributed by atoms with Gasteiger partial charge in [0.1, 0.15) is 29.7 Å². The lowest BCUT2D eigenvalue weighted by Gasteiger charge is -2.33. The normalized spacial score (nSPS) is 15.5. The van der Waals surface area contributed by atoms with E-state index in [1.807, 2.05) is 64.8 Å². The van der Waals surface area contributed by atoms with E-state index in [-0.39, 0.29) is 18.1 Å². The molecule has 0 spiro atoms. The number of ether oxygens (including phenoxy) is 1. The molecule has 12 nitrogen and oxygen atoms in total. The zero-order chi connectivity index (χ0) is 31.8. The lowest BCUT2D eigenvalue weighted by Crippen LogP contribution is -2.42. The number of piperidine rings is 1. The van der Waals surface area contributed by atoms with Crippen LogP contribution in [0.4, 0.5) is 10.6 Å². The van der Waals surface area contributed by atoms with Crippen molar-refractivity contribution in [2.45, 2.75) is 38.1 Å². The van der Waals surface area contributed by atoms with Crippen LogP contribution >= 0.6 is 11.8 Å². The number of H-pyrrole nitrogens is 1. The molecule has 4 aromatic rings. The van der Waals surface area contributed by atoms with Crippen LogP contribution in [0.25, 0.3) is 22.2 Å². The maximum Gasteiger partial charge on any atom is 0.405 e. The molecule has 2 atom stereocenters. The van der Waals surface area contributed by atoms with Gasteiger partial charge in [-0.15, -0.1) is 0 Å². The second-order valence-corrected chi connectivity index (χ2v) is 12.1.